The molecule has 3 aromatic rings. The van der Waals surface area contributed by atoms with E-state index in [1.807, 2.05) is 30.3 Å². The minimum absolute atomic E-state index is 0.0862. The molecule has 0 bridgehead atoms. The zero-order chi connectivity index (χ0) is 18.7. The molecule has 3 nitrogen and oxygen atoms in total. The molecule has 3 rings (SSSR count). The van der Waals surface area contributed by atoms with E-state index in [1.165, 1.54) is 18.2 Å². The third kappa shape index (κ3) is 4.13. The van der Waals surface area contributed by atoms with E-state index < -0.39 is 12.1 Å². The molecule has 1 atom stereocenters. The van der Waals surface area contributed by atoms with Crippen molar-refractivity contribution in [3.05, 3.63) is 98.5 Å². The van der Waals surface area contributed by atoms with E-state index in [2.05, 4.69) is 0 Å². The Morgan fingerprint density at radius 2 is 1.58 bits per heavy atom. The van der Waals surface area contributed by atoms with Gasteiger partial charge in [0.2, 0.25) is 0 Å². The fraction of sp³-hybridized carbons (Fsp3) is 0.0500. The number of benzene rings is 3. The number of hydrogen-bond acceptors (Lipinski definition) is 2. The highest BCUT2D eigenvalue weighted by atomic mass is 35.5. The quantitative estimate of drug-likeness (QED) is 0.524. The predicted molar refractivity (Wildman–Crippen MR) is 104 cm³/mol. The van der Waals surface area contributed by atoms with Gasteiger partial charge in [-0.25, -0.2) is 4.79 Å². The summed E-state index contributed by atoms with van der Waals surface area (Å²) in [5, 5.41) is 10.4. The minimum atomic E-state index is -1.06. The third-order valence-electron chi connectivity index (χ3n) is 3.78. The summed E-state index contributed by atoms with van der Waals surface area (Å²) in [5.74, 6) is -0.699. The molecule has 1 N–H and O–H groups in total. The van der Waals surface area contributed by atoms with E-state index in [-0.39, 0.29) is 10.6 Å². The molecule has 0 fully saturated rings. The molecular weight excluding hydrogens is 395 g/mol. The van der Waals surface area contributed by atoms with Gasteiger partial charge in [-0.15, -0.1) is 0 Å². The monoisotopic (exact) mass is 406 g/mol. The van der Waals surface area contributed by atoms with Crippen molar-refractivity contribution in [2.45, 2.75) is 6.10 Å². The van der Waals surface area contributed by atoms with Crippen LogP contribution in [-0.2, 0) is 0 Å². The Kier molecular flexibility index (Phi) is 5.72. The molecule has 3 aromatic carbocycles. The molecule has 0 amide bonds. The Morgan fingerprint density at radius 3 is 2.19 bits per heavy atom. The topological polar surface area (TPSA) is 46.5 Å². The van der Waals surface area contributed by atoms with Crippen molar-refractivity contribution < 1.29 is 14.6 Å². The Hall–Kier alpha value is -2.20. The van der Waals surface area contributed by atoms with Gasteiger partial charge in [0.05, 0.1) is 10.6 Å². The lowest BCUT2D eigenvalue weighted by atomic mass is 10.0. The summed E-state index contributed by atoms with van der Waals surface area (Å²) in [6.45, 7) is 0. The van der Waals surface area contributed by atoms with E-state index in [0.29, 0.717) is 15.8 Å². The van der Waals surface area contributed by atoms with Crippen LogP contribution in [0, 0.1) is 0 Å². The smallest absolute Gasteiger partial charge is 0.335 e. The van der Waals surface area contributed by atoms with Crippen LogP contribution in [0.2, 0.25) is 15.1 Å². The van der Waals surface area contributed by atoms with Gasteiger partial charge in [-0.05, 0) is 42.0 Å². The molecule has 132 valence electrons. The van der Waals surface area contributed by atoms with E-state index in [4.69, 9.17) is 44.6 Å². The number of carboxylic acids is 1. The van der Waals surface area contributed by atoms with Crippen LogP contribution < -0.4 is 4.74 Å². The second kappa shape index (κ2) is 8.00. The molecule has 0 heterocycles. The van der Waals surface area contributed by atoms with Gasteiger partial charge in [0.25, 0.3) is 0 Å². The van der Waals surface area contributed by atoms with Crippen LogP contribution in [0.25, 0.3) is 0 Å². The lowest BCUT2D eigenvalue weighted by Gasteiger charge is -2.22. The van der Waals surface area contributed by atoms with Crippen molar-refractivity contribution in [2.75, 3.05) is 0 Å². The number of aromatic carboxylic acids is 1. The lowest BCUT2D eigenvalue weighted by Crippen LogP contribution is -2.10. The van der Waals surface area contributed by atoms with Crippen LogP contribution in [0.5, 0.6) is 5.75 Å². The number of rotatable bonds is 5. The highest BCUT2D eigenvalue weighted by Crippen LogP contribution is 2.36. The van der Waals surface area contributed by atoms with Crippen molar-refractivity contribution in [1.82, 2.24) is 0 Å². The van der Waals surface area contributed by atoms with Gasteiger partial charge in [-0.3, -0.25) is 0 Å². The fourth-order valence-corrected chi connectivity index (χ4v) is 3.08. The van der Waals surface area contributed by atoms with Crippen molar-refractivity contribution in [3.8, 4) is 5.75 Å². The largest absolute Gasteiger partial charge is 0.479 e. The summed E-state index contributed by atoms with van der Waals surface area (Å²) in [5.41, 5.74) is 1.68. The molecule has 0 aliphatic rings. The summed E-state index contributed by atoms with van der Waals surface area (Å²) < 4.78 is 6.12. The highest BCUT2D eigenvalue weighted by Gasteiger charge is 2.20. The Balaban J connectivity index is 2.03. The molecule has 0 saturated heterocycles. The van der Waals surface area contributed by atoms with Crippen LogP contribution in [0.4, 0.5) is 0 Å². The van der Waals surface area contributed by atoms with Crippen LogP contribution in [-0.4, -0.2) is 11.1 Å². The van der Waals surface area contributed by atoms with Crippen LogP contribution in [0.1, 0.15) is 27.6 Å². The van der Waals surface area contributed by atoms with Gasteiger partial charge < -0.3 is 9.84 Å². The van der Waals surface area contributed by atoms with Gasteiger partial charge in [-0.2, -0.15) is 0 Å². The zero-order valence-corrected chi connectivity index (χ0v) is 15.6. The van der Waals surface area contributed by atoms with Crippen molar-refractivity contribution in [3.63, 3.8) is 0 Å². The molecule has 0 aliphatic heterocycles. The first-order chi connectivity index (χ1) is 12.5. The highest BCUT2D eigenvalue weighted by molar-refractivity contribution is 6.32. The van der Waals surface area contributed by atoms with Crippen LogP contribution in [0.15, 0.2) is 66.7 Å². The molecule has 0 radical (unpaired) electrons. The molecule has 6 heteroatoms. The number of halogens is 3. The summed E-state index contributed by atoms with van der Waals surface area (Å²) in [6.07, 6.45) is -0.533. The summed E-state index contributed by atoms with van der Waals surface area (Å²) >= 11 is 18.6. The lowest BCUT2D eigenvalue weighted by molar-refractivity contribution is 0.0697. The van der Waals surface area contributed by atoms with Gasteiger partial charge in [0, 0.05) is 15.6 Å². The molecule has 0 spiro atoms. The average Bonchev–Trinajstić information content (AvgIpc) is 2.62. The first-order valence-corrected chi connectivity index (χ1v) is 8.78. The molecule has 1 unspecified atom stereocenters. The van der Waals surface area contributed by atoms with Crippen molar-refractivity contribution in [1.29, 1.82) is 0 Å². The maximum atomic E-state index is 11.1. The van der Waals surface area contributed by atoms with E-state index in [0.717, 1.165) is 11.1 Å². The normalized spacial score (nSPS) is 11.8. The maximum Gasteiger partial charge on any atom is 0.335 e. The van der Waals surface area contributed by atoms with Gasteiger partial charge in [0.1, 0.15) is 5.75 Å². The maximum absolute atomic E-state index is 11.1. The zero-order valence-electron chi connectivity index (χ0n) is 13.3. The number of hydrogen-bond donors (Lipinski definition) is 1. The third-order valence-corrected chi connectivity index (χ3v) is 4.68. The van der Waals surface area contributed by atoms with Crippen molar-refractivity contribution in [2.24, 2.45) is 0 Å². The Morgan fingerprint density at radius 1 is 0.885 bits per heavy atom. The number of carbonyl (C=O) groups is 1. The summed E-state index contributed by atoms with van der Waals surface area (Å²) in [4.78, 5) is 11.1. The minimum Gasteiger partial charge on any atom is -0.479 e. The second-order valence-electron chi connectivity index (χ2n) is 5.52. The second-order valence-corrected chi connectivity index (χ2v) is 6.77. The summed E-state index contributed by atoms with van der Waals surface area (Å²) in [6, 6.07) is 18.9. The first kappa shape index (κ1) is 18.6. The van der Waals surface area contributed by atoms with E-state index in [9.17, 15) is 4.79 Å². The Labute approximate surface area is 165 Å². The van der Waals surface area contributed by atoms with Crippen LogP contribution in [0.3, 0.4) is 0 Å². The van der Waals surface area contributed by atoms with E-state index >= 15 is 0 Å². The standard InChI is InChI=1S/C20H13Cl3O3/c21-14-8-5-12(6-9-14)19(15-3-1-2-4-16(15)22)26-18-10-7-13(20(24)25)11-17(18)23/h1-11,19H,(H,24,25). The van der Waals surface area contributed by atoms with Crippen molar-refractivity contribution >= 4 is 40.8 Å². The molecule has 0 saturated carbocycles. The predicted octanol–water partition coefficient (Wildman–Crippen LogP) is 6.51. The van der Waals surface area contributed by atoms with Gasteiger partial charge in [0.15, 0.2) is 6.10 Å². The number of ether oxygens (including phenoxy) is 1. The molecule has 0 aromatic heterocycles. The van der Waals surface area contributed by atoms with Gasteiger partial charge >= 0.3 is 5.97 Å². The first-order valence-electron chi connectivity index (χ1n) is 7.65. The molecule has 0 aliphatic carbocycles. The van der Waals surface area contributed by atoms with Crippen LogP contribution >= 0.6 is 34.8 Å². The molecular formula is C20H13Cl3O3. The van der Waals surface area contributed by atoms with E-state index in [1.54, 1.807) is 18.2 Å². The Bertz CT molecular complexity index is 939. The SMILES string of the molecule is O=C(O)c1ccc(OC(c2ccc(Cl)cc2)c2ccccc2Cl)c(Cl)c1. The van der Waals surface area contributed by atoms with Gasteiger partial charge in [-0.1, -0.05) is 65.1 Å². The summed E-state index contributed by atoms with van der Waals surface area (Å²) in [7, 11) is 0. The average molecular weight is 408 g/mol. The molecule has 26 heavy (non-hydrogen) atoms. The number of carboxylic acid groups (broad SMARTS) is 1. The fourth-order valence-electron chi connectivity index (χ4n) is 2.49.